The Hall–Kier alpha value is -1.92. The number of carbonyl (C=O) groups is 4. The molecule has 0 aromatic rings. The number of piperidine rings is 1. The van der Waals surface area contributed by atoms with Gasteiger partial charge >= 0.3 is 5.97 Å². The number of nitrogens with one attached hydrogen (secondary N) is 2. The van der Waals surface area contributed by atoms with E-state index in [4.69, 9.17) is 4.74 Å². The van der Waals surface area contributed by atoms with Crippen molar-refractivity contribution in [1.29, 1.82) is 0 Å². The highest BCUT2D eigenvalue weighted by atomic mass is 16.5. The molecule has 1 unspecified atom stereocenters. The standard InChI is InChI=1S/C14H18N2O5/c1-21-12(20)14-5-4-13(6-14,7-14)11(19)15-8-2-3-9(17)16-10(8)18/h8H,2-7H2,1H3,(H,15,19)(H,16,17,18). The van der Waals surface area contributed by atoms with Gasteiger partial charge in [0.1, 0.15) is 6.04 Å². The summed E-state index contributed by atoms with van der Waals surface area (Å²) < 4.78 is 4.81. The Bertz CT molecular complexity index is 535. The van der Waals surface area contributed by atoms with Crippen LogP contribution >= 0.6 is 0 Å². The molecule has 4 rings (SSSR count). The number of hydrogen-bond donors (Lipinski definition) is 2. The molecule has 7 nitrogen and oxygen atoms in total. The Morgan fingerprint density at radius 2 is 1.90 bits per heavy atom. The first-order chi connectivity index (χ1) is 9.91. The molecule has 7 heteroatoms. The maximum absolute atomic E-state index is 12.4. The van der Waals surface area contributed by atoms with Gasteiger partial charge in [-0.05, 0) is 32.1 Å². The Kier molecular flexibility index (Phi) is 3.04. The van der Waals surface area contributed by atoms with Crippen LogP contribution in [0.1, 0.15) is 38.5 Å². The van der Waals surface area contributed by atoms with Crippen LogP contribution < -0.4 is 10.6 Å². The number of hydrogen-bond acceptors (Lipinski definition) is 5. The van der Waals surface area contributed by atoms with Crippen molar-refractivity contribution in [2.24, 2.45) is 10.8 Å². The number of amides is 3. The monoisotopic (exact) mass is 294 g/mol. The number of rotatable bonds is 3. The third-order valence-electron chi connectivity index (χ3n) is 5.08. The van der Waals surface area contributed by atoms with Gasteiger partial charge < -0.3 is 10.1 Å². The molecular formula is C14H18N2O5. The second-order valence-corrected chi connectivity index (χ2v) is 6.38. The average Bonchev–Trinajstić information content (AvgIpc) is 2.98. The van der Waals surface area contributed by atoms with Crippen molar-refractivity contribution in [3.05, 3.63) is 0 Å². The SMILES string of the molecule is COC(=O)C12CCC(C(=O)NC3CCC(=O)NC3=O)(C1)C2. The summed E-state index contributed by atoms with van der Waals surface area (Å²) >= 11 is 0. The minimum absolute atomic E-state index is 0.186. The van der Waals surface area contributed by atoms with Gasteiger partial charge in [0.15, 0.2) is 0 Å². The van der Waals surface area contributed by atoms with Crippen molar-refractivity contribution >= 4 is 23.7 Å². The van der Waals surface area contributed by atoms with Gasteiger partial charge in [-0.1, -0.05) is 0 Å². The van der Waals surface area contributed by atoms with Crippen LogP contribution in [0.4, 0.5) is 0 Å². The molecule has 1 aliphatic heterocycles. The lowest BCUT2D eigenvalue weighted by molar-refractivity contribution is -0.164. The molecule has 3 aliphatic carbocycles. The average molecular weight is 294 g/mol. The van der Waals surface area contributed by atoms with Gasteiger partial charge in [-0.15, -0.1) is 0 Å². The van der Waals surface area contributed by atoms with Crippen LogP contribution in [-0.2, 0) is 23.9 Å². The molecule has 0 radical (unpaired) electrons. The quantitative estimate of drug-likeness (QED) is 0.547. The lowest BCUT2D eigenvalue weighted by Crippen LogP contribution is -2.58. The zero-order chi connectivity index (χ0) is 15.3. The molecule has 0 aromatic carbocycles. The number of ether oxygens (including phenoxy) is 1. The Balaban J connectivity index is 1.62. The lowest BCUT2D eigenvalue weighted by Gasteiger charge is -2.44. The van der Waals surface area contributed by atoms with Gasteiger partial charge in [0.05, 0.1) is 17.9 Å². The number of esters is 1. The van der Waals surface area contributed by atoms with Crippen LogP contribution in [-0.4, -0.2) is 36.8 Å². The summed E-state index contributed by atoms with van der Waals surface area (Å²) in [5.41, 5.74) is -1.05. The molecule has 0 aromatic heterocycles. The smallest absolute Gasteiger partial charge is 0.311 e. The summed E-state index contributed by atoms with van der Waals surface area (Å²) in [5.74, 6) is -1.19. The predicted octanol–water partition coefficient (Wildman–Crippen LogP) is -0.359. The normalized spacial score (nSPS) is 37.5. The van der Waals surface area contributed by atoms with E-state index >= 15 is 0 Å². The highest BCUT2D eigenvalue weighted by Gasteiger charge is 2.68. The largest absolute Gasteiger partial charge is 0.469 e. The van der Waals surface area contributed by atoms with Crippen LogP contribution in [0.2, 0.25) is 0 Å². The van der Waals surface area contributed by atoms with E-state index < -0.39 is 22.8 Å². The minimum atomic E-state index is -0.654. The van der Waals surface area contributed by atoms with E-state index in [2.05, 4.69) is 10.6 Å². The molecule has 4 aliphatic rings. The van der Waals surface area contributed by atoms with Gasteiger partial charge in [-0.2, -0.15) is 0 Å². The van der Waals surface area contributed by atoms with Crippen LogP contribution in [0.5, 0.6) is 0 Å². The Labute approximate surface area is 121 Å². The molecule has 0 spiro atoms. The first kappa shape index (κ1) is 14.0. The highest BCUT2D eigenvalue weighted by Crippen LogP contribution is 2.67. The van der Waals surface area contributed by atoms with Crippen molar-refractivity contribution < 1.29 is 23.9 Å². The van der Waals surface area contributed by atoms with E-state index in [9.17, 15) is 19.2 Å². The van der Waals surface area contributed by atoms with Crippen LogP contribution in [0.15, 0.2) is 0 Å². The van der Waals surface area contributed by atoms with Crippen molar-refractivity contribution in [2.45, 2.75) is 44.6 Å². The second kappa shape index (κ2) is 4.54. The molecule has 1 heterocycles. The summed E-state index contributed by atoms with van der Waals surface area (Å²) in [4.78, 5) is 46.9. The summed E-state index contributed by atoms with van der Waals surface area (Å²) in [5, 5.41) is 4.95. The maximum Gasteiger partial charge on any atom is 0.311 e. The van der Waals surface area contributed by atoms with Crippen molar-refractivity contribution in [3.63, 3.8) is 0 Å². The van der Waals surface area contributed by atoms with Crippen LogP contribution in [0.25, 0.3) is 0 Å². The summed E-state index contributed by atoms with van der Waals surface area (Å²) in [7, 11) is 1.36. The van der Waals surface area contributed by atoms with Gasteiger partial charge in [0.25, 0.3) is 0 Å². The third-order valence-corrected chi connectivity index (χ3v) is 5.08. The van der Waals surface area contributed by atoms with Gasteiger partial charge in [-0.25, -0.2) is 0 Å². The first-order valence-corrected chi connectivity index (χ1v) is 7.14. The molecule has 2 bridgehead atoms. The first-order valence-electron chi connectivity index (χ1n) is 7.14. The Morgan fingerprint density at radius 1 is 1.24 bits per heavy atom. The molecule has 4 fully saturated rings. The molecule has 1 atom stereocenters. The Morgan fingerprint density at radius 3 is 2.52 bits per heavy atom. The topological polar surface area (TPSA) is 102 Å². The van der Waals surface area contributed by atoms with Gasteiger partial charge in [0, 0.05) is 6.42 Å². The van der Waals surface area contributed by atoms with E-state index in [1.54, 1.807) is 0 Å². The fraction of sp³-hybridized carbons (Fsp3) is 0.714. The van der Waals surface area contributed by atoms with E-state index in [1.807, 2.05) is 0 Å². The van der Waals surface area contributed by atoms with E-state index in [0.29, 0.717) is 32.1 Å². The third kappa shape index (κ3) is 2.02. The zero-order valence-corrected chi connectivity index (χ0v) is 11.9. The summed E-state index contributed by atoms with van der Waals surface area (Å²) in [6.07, 6.45) is 2.84. The molecule has 3 amide bonds. The van der Waals surface area contributed by atoms with Crippen molar-refractivity contribution in [2.75, 3.05) is 7.11 Å². The number of fused-ring (bicyclic) bond motifs is 1. The van der Waals surface area contributed by atoms with Crippen LogP contribution in [0.3, 0.4) is 0 Å². The van der Waals surface area contributed by atoms with Gasteiger partial charge in [-0.3, -0.25) is 24.5 Å². The fourth-order valence-corrected chi connectivity index (χ4v) is 3.96. The summed E-state index contributed by atoms with van der Waals surface area (Å²) in [6.45, 7) is 0. The molecule has 3 saturated carbocycles. The predicted molar refractivity (Wildman–Crippen MR) is 69.7 cm³/mol. The highest BCUT2D eigenvalue weighted by molar-refractivity contribution is 6.02. The molecule has 2 N–H and O–H groups in total. The van der Waals surface area contributed by atoms with Crippen molar-refractivity contribution in [1.82, 2.24) is 10.6 Å². The maximum atomic E-state index is 12.4. The molecule has 1 saturated heterocycles. The number of carbonyl (C=O) groups excluding carboxylic acids is 4. The van der Waals surface area contributed by atoms with Crippen molar-refractivity contribution in [3.8, 4) is 0 Å². The van der Waals surface area contributed by atoms with Crippen LogP contribution in [0, 0.1) is 10.8 Å². The summed E-state index contributed by atoms with van der Waals surface area (Å²) in [6, 6.07) is -0.654. The molecule has 21 heavy (non-hydrogen) atoms. The van der Waals surface area contributed by atoms with E-state index in [-0.39, 0.29) is 24.2 Å². The van der Waals surface area contributed by atoms with E-state index in [1.165, 1.54) is 7.11 Å². The molecule has 114 valence electrons. The van der Waals surface area contributed by atoms with E-state index in [0.717, 1.165) is 0 Å². The minimum Gasteiger partial charge on any atom is -0.469 e. The number of imide groups is 1. The fourth-order valence-electron chi connectivity index (χ4n) is 3.96. The molecular weight excluding hydrogens is 276 g/mol. The lowest BCUT2D eigenvalue weighted by atomic mass is 9.59. The van der Waals surface area contributed by atoms with Gasteiger partial charge in [0.2, 0.25) is 17.7 Å². The second-order valence-electron chi connectivity index (χ2n) is 6.38. The number of methoxy groups -OCH3 is 1. The zero-order valence-electron chi connectivity index (χ0n) is 11.9.